The molecular formula is C27H37N3O2. The van der Waals surface area contributed by atoms with E-state index >= 15 is 0 Å². The zero-order valence-corrected chi connectivity index (χ0v) is 19.4. The zero-order chi connectivity index (χ0) is 22.2. The Kier molecular flexibility index (Phi) is 8.05. The first-order valence-electron chi connectivity index (χ1n) is 12.2. The van der Waals surface area contributed by atoms with Crippen LogP contribution in [0.2, 0.25) is 0 Å². The number of carbonyl (C=O) groups is 1. The molecule has 172 valence electrons. The summed E-state index contributed by atoms with van der Waals surface area (Å²) < 4.78 is 5.93. The van der Waals surface area contributed by atoms with Crippen LogP contribution < -0.4 is 9.64 Å². The summed E-state index contributed by atoms with van der Waals surface area (Å²) in [6, 6.07) is 21.0. The van der Waals surface area contributed by atoms with Crippen LogP contribution in [0.3, 0.4) is 0 Å². The third kappa shape index (κ3) is 6.26. The number of hydrogen-bond donors (Lipinski definition) is 0. The second kappa shape index (κ2) is 11.4. The Morgan fingerprint density at radius 3 is 2.19 bits per heavy atom. The molecule has 1 unspecified atom stereocenters. The minimum absolute atomic E-state index is 0.338. The number of hydrogen-bond acceptors (Lipinski definition) is 4. The molecular weight excluding hydrogens is 398 g/mol. The summed E-state index contributed by atoms with van der Waals surface area (Å²) >= 11 is 0. The highest BCUT2D eigenvalue weighted by Crippen LogP contribution is 2.24. The van der Waals surface area contributed by atoms with Gasteiger partial charge in [-0.2, -0.15) is 0 Å². The van der Waals surface area contributed by atoms with Crippen molar-refractivity contribution in [2.24, 2.45) is 5.92 Å². The zero-order valence-electron chi connectivity index (χ0n) is 19.4. The van der Waals surface area contributed by atoms with E-state index in [1.807, 2.05) is 36.4 Å². The van der Waals surface area contributed by atoms with Gasteiger partial charge in [0.05, 0.1) is 0 Å². The molecule has 0 aliphatic carbocycles. The summed E-state index contributed by atoms with van der Waals surface area (Å²) in [5, 5.41) is 0. The summed E-state index contributed by atoms with van der Waals surface area (Å²) in [6.07, 6.45) is 4.10. The number of carbonyl (C=O) groups excluding carboxylic acids is 1. The van der Waals surface area contributed by atoms with E-state index in [2.05, 4.69) is 45.9 Å². The lowest BCUT2D eigenvalue weighted by Crippen LogP contribution is -2.49. The van der Waals surface area contributed by atoms with Crippen molar-refractivity contribution >= 4 is 11.6 Å². The molecule has 2 saturated heterocycles. The van der Waals surface area contributed by atoms with Crippen LogP contribution in [-0.2, 0) is 4.79 Å². The van der Waals surface area contributed by atoms with E-state index in [4.69, 9.17) is 4.74 Å². The van der Waals surface area contributed by atoms with Gasteiger partial charge in [-0.1, -0.05) is 36.4 Å². The summed E-state index contributed by atoms with van der Waals surface area (Å²) in [5.41, 5.74) is 1.26. The molecule has 2 aliphatic rings. The first-order valence-corrected chi connectivity index (χ1v) is 12.2. The summed E-state index contributed by atoms with van der Waals surface area (Å²) in [6.45, 7) is 8.72. The molecule has 2 fully saturated rings. The van der Waals surface area contributed by atoms with Crippen LogP contribution in [0.5, 0.6) is 5.75 Å². The van der Waals surface area contributed by atoms with Crippen molar-refractivity contribution in [3.63, 3.8) is 0 Å². The number of amides is 1. The van der Waals surface area contributed by atoms with Crippen molar-refractivity contribution < 1.29 is 9.53 Å². The lowest BCUT2D eigenvalue weighted by Gasteiger charge is -2.37. The normalized spacial score (nSPS) is 19.0. The fourth-order valence-electron chi connectivity index (χ4n) is 4.86. The monoisotopic (exact) mass is 435 g/mol. The molecule has 4 rings (SSSR count). The fraction of sp³-hybridized carbons (Fsp3) is 0.519. The molecule has 0 spiro atoms. The van der Waals surface area contributed by atoms with Gasteiger partial charge in [-0.15, -0.1) is 0 Å². The van der Waals surface area contributed by atoms with Gasteiger partial charge in [-0.25, -0.2) is 0 Å². The van der Waals surface area contributed by atoms with E-state index in [1.54, 1.807) is 0 Å². The van der Waals surface area contributed by atoms with Gasteiger partial charge in [0.15, 0.2) is 0 Å². The predicted octanol–water partition coefficient (Wildman–Crippen LogP) is 4.29. The second-order valence-corrected chi connectivity index (χ2v) is 9.19. The number of piperidine rings is 1. The van der Waals surface area contributed by atoms with Crippen LogP contribution in [0.1, 0.15) is 32.6 Å². The lowest BCUT2D eigenvalue weighted by atomic mass is 9.91. The van der Waals surface area contributed by atoms with Crippen molar-refractivity contribution in [1.82, 2.24) is 9.80 Å². The van der Waals surface area contributed by atoms with Crippen LogP contribution in [0.15, 0.2) is 60.7 Å². The number of piperazine rings is 1. The standard InChI is InChI=1S/C27H37N3O2/c1-23(22-32-26-10-6-3-7-11-26)28-16-14-24(15-17-28)12-13-27(31)30-20-18-29(19-21-30)25-8-4-2-5-9-25/h2-11,23-24H,12-22H2,1H3. The van der Waals surface area contributed by atoms with Crippen LogP contribution in [0, 0.1) is 5.92 Å². The molecule has 5 heteroatoms. The number of anilines is 1. The van der Waals surface area contributed by atoms with Gasteiger partial charge in [-0.3, -0.25) is 9.69 Å². The highest BCUT2D eigenvalue weighted by molar-refractivity contribution is 5.76. The van der Waals surface area contributed by atoms with Gasteiger partial charge >= 0.3 is 0 Å². The molecule has 0 bridgehead atoms. The molecule has 0 radical (unpaired) electrons. The minimum atomic E-state index is 0.338. The average molecular weight is 436 g/mol. The van der Waals surface area contributed by atoms with E-state index in [0.29, 0.717) is 24.3 Å². The molecule has 0 saturated carbocycles. The molecule has 0 aromatic heterocycles. The molecule has 0 N–H and O–H groups in total. The van der Waals surface area contributed by atoms with Gasteiger partial charge in [0.25, 0.3) is 0 Å². The van der Waals surface area contributed by atoms with E-state index in [9.17, 15) is 4.79 Å². The second-order valence-electron chi connectivity index (χ2n) is 9.19. The molecule has 2 aromatic rings. The molecule has 2 aromatic carbocycles. The average Bonchev–Trinajstić information content (AvgIpc) is 2.87. The molecule has 1 atom stereocenters. The summed E-state index contributed by atoms with van der Waals surface area (Å²) in [4.78, 5) is 19.7. The smallest absolute Gasteiger partial charge is 0.222 e. The Bertz CT molecular complexity index is 813. The van der Waals surface area contributed by atoms with Crippen molar-refractivity contribution in [3.8, 4) is 5.75 Å². The number of nitrogens with zero attached hydrogens (tertiary/aromatic N) is 3. The fourth-order valence-corrected chi connectivity index (χ4v) is 4.86. The van der Waals surface area contributed by atoms with Crippen LogP contribution >= 0.6 is 0 Å². The molecule has 1 amide bonds. The van der Waals surface area contributed by atoms with Crippen LogP contribution in [0.4, 0.5) is 5.69 Å². The summed E-state index contributed by atoms with van der Waals surface area (Å²) in [5.74, 6) is 1.95. The molecule has 5 nitrogen and oxygen atoms in total. The Balaban J connectivity index is 1.12. The molecule has 2 aliphatic heterocycles. The van der Waals surface area contributed by atoms with E-state index in [-0.39, 0.29) is 0 Å². The van der Waals surface area contributed by atoms with Crippen LogP contribution in [-0.4, -0.2) is 67.6 Å². The van der Waals surface area contributed by atoms with Gasteiger partial charge in [0.2, 0.25) is 5.91 Å². The maximum atomic E-state index is 12.8. The van der Waals surface area contributed by atoms with Crippen molar-refractivity contribution in [3.05, 3.63) is 60.7 Å². The van der Waals surface area contributed by atoms with E-state index in [1.165, 1.54) is 18.5 Å². The first-order chi connectivity index (χ1) is 15.7. The number of rotatable bonds is 8. The Labute approximate surface area is 193 Å². The molecule has 2 heterocycles. The number of ether oxygens (including phenoxy) is 1. The predicted molar refractivity (Wildman–Crippen MR) is 130 cm³/mol. The Morgan fingerprint density at radius 1 is 0.906 bits per heavy atom. The van der Waals surface area contributed by atoms with Crippen molar-refractivity contribution in [2.45, 2.75) is 38.6 Å². The van der Waals surface area contributed by atoms with Crippen molar-refractivity contribution in [2.75, 3.05) is 50.8 Å². The van der Waals surface area contributed by atoms with Gasteiger partial charge in [-0.05, 0) is 69.5 Å². The topological polar surface area (TPSA) is 36.0 Å². The third-order valence-electron chi connectivity index (χ3n) is 7.03. The number of para-hydroxylation sites is 2. The van der Waals surface area contributed by atoms with Crippen LogP contribution in [0.25, 0.3) is 0 Å². The minimum Gasteiger partial charge on any atom is -0.492 e. The summed E-state index contributed by atoms with van der Waals surface area (Å²) in [7, 11) is 0. The van der Waals surface area contributed by atoms with Gasteiger partial charge < -0.3 is 14.5 Å². The van der Waals surface area contributed by atoms with Crippen molar-refractivity contribution in [1.29, 1.82) is 0 Å². The largest absolute Gasteiger partial charge is 0.492 e. The quantitative estimate of drug-likeness (QED) is 0.620. The Morgan fingerprint density at radius 2 is 1.53 bits per heavy atom. The maximum Gasteiger partial charge on any atom is 0.222 e. The third-order valence-corrected chi connectivity index (χ3v) is 7.03. The highest BCUT2D eigenvalue weighted by atomic mass is 16.5. The Hall–Kier alpha value is -2.53. The molecule has 32 heavy (non-hydrogen) atoms. The lowest BCUT2D eigenvalue weighted by molar-refractivity contribution is -0.131. The van der Waals surface area contributed by atoms with E-state index < -0.39 is 0 Å². The maximum absolute atomic E-state index is 12.8. The van der Waals surface area contributed by atoms with E-state index in [0.717, 1.165) is 58.0 Å². The van der Waals surface area contributed by atoms with Gasteiger partial charge in [0.1, 0.15) is 12.4 Å². The number of likely N-dealkylation sites (tertiary alicyclic amines) is 1. The number of benzene rings is 2. The first kappa shape index (κ1) is 22.7. The van der Waals surface area contributed by atoms with Gasteiger partial charge in [0, 0.05) is 44.3 Å². The SMILES string of the molecule is CC(COc1ccccc1)N1CCC(CCC(=O)N2CCN(c3ccccc3)CC2)CC1. The highest BCUT2D eigenvalue weighted by Gasteiger charge is 2.25.